The summed E-state index contributed by atoms with van der Waals surface area (Å²) in [5.41, 5.74) is 0.531. The molecule has 0 fully saturated rings. The summed E-state index contributed by atoms with van der Waals surface area (Å²) in [4.78, 5) is 0. The van der Waals surface area contributed by atoms with Crippen LogP contribution in [0.1, 0.15) is 13.3 Å². The van der Waals surface area contributed by atoms with Crippen molar-refractivity contribution in [2.45, 2.75) is 13.3 Å². The predicted molar refractivity (Wildman–Crippen MR) is 68.6 cm³/mol. The number of hydrogen-bond acceptors (Lipinski definition) is 3. The van der Waals surface area contributed by atoms with Crippen molar-refractivity contribution >= 4 is 31.6 Å². The van der Waals surface area contributed by atoms with Crippen molar-refractivity contribution in [3.63, 3.8) is 0 Å². The van der Waals surface area contributed by atoms with Gasteiger partial charge in [-0.15, -0.1) is 0 Å². The Morgan fingerprint density at radius 3 is 2.44 bits per heavy atom. The summed E-state index contributed by atoms with van der Waals surface area (Å²) in [6.45, 7) is 2.69. The Labute approximate surface area is 104 Å². The molecule has 0 spiro atoms. The standard InChI is InChI=1S/C10H14BrNO3S/c1-2-7-15-10-5-3-9(4-6-10)12-16(13,14)8-11/h3-6,12H,2,7-8H2,1H3. The lowest BCUT2D eigenvalue weighted by Gasteiger charge is -2.07. The van der Waals surface area contributed by atoms with E-state index in [1.807, 2.05) is 6.92 Å². The van der Waals surface area contributed by atoms with Gasteiger partial charge in [-0.2, -0.15) is 0 Å². The second-order valence-electron chi connectivity index (χ2n) is 3.20. The molecular formula is C10H14BrNO3S. The van der Waals surface area contributed by atoms with Gasteiger partial charge in [0.2, 0.25) is 10.0 Å². The average Bonchev–Trinajstić information content (AvgIpc) is 2.28. The first-order valence-electron chi connectivity index (χ1n) is 4.86. The zero-order valence-electron chi connectivity index (χ0n) is 8.94. The monoisotopic (exact) mass is 307 g/mol. The van der Waals surface area contributed by atoms with E-state index in [4.69, 9.17) is 4.74 Å². The summed E-state index contributed by atoms with van der Waals surface area (Å²) in [6.07, 6.45) is 0.942. The van der Waals surface area contributed by atoms with Gasteiger partial charge in [-0.3, -0.25) is 4.72 Å². The highest BCUT2D eigenvalue weighted by atomic mass is 79.9. The second-order valence-corrected chi connectivity index (χ2v) is 6.22. The molecular weight excluding hydrogens is 294 g/mol. The van der Waals surface area contributed by atoms with Gasteiger partial charge in [-0.25, -0.2) is 8.42 Å². The number of benzene rings is 1. The Hall–Kier alpha value is -0.750. The molecule has 0 amide bonds. The highest BCUT2D eigenvalue weighted by molar-refractivity contribution is 9.10. The summed E-state index contributed by atoms with van der Waals surface area (Å²) < 4.78 is 30.2. The van der Waals surface area contributed by atoms with Crippen molar-refractivity contribution in [3.8, 4) is 5.75 Å². The number of ether oxygens (including phenoxy) is 1. The van der Waals surface area contributed by atoms with E-state index < -0.39 is 10.0 Å². The molecule has 0 saturated heterocycles. The second kappa shape index (κ2) is 6.10. The summed E-state index contributed by atoms with van der Waals surface area (Å²) in [5, 5.41) is 0. The lowest BCUT2D eigenvalue weighted by molar-refractivity contribution is 0.317. The number of hydrogen-bond donors (Lipinski definition) is 1. The van der Waals surface area contributed by atoms with Crippen molar-refractivity contribution in [3.05, 3.63) is 24.3 Å². The van der Waals surface area contributed by atoms with Gasteiger partial charge < -0.3 is 4.74 Å². The average molecular weight is 308 g/mol. The van der Waals surface area contributed by atoms with Crippen LogP contribution in [0.25, 0.3) is 0 Å². The van der Waals surface area contributed by atoms with Crippen LogP contribution < -0.4 is 9.46 Å². The normalized spacial score (nSPS) is 11.1. The van der Waals surface area contributed by atoms with E-state index in [2.05, 4.69) is 20.7 Å². The van der Waals surface area contributed by atoms with Crippen LogP contribution in [0.3, 0.4) is 0 Å². The van der Waals surface area contributed by atoms with Gasteiger partial charge in [0.1, 0.15) is 10.4 Å². The minimum atomic E-state index is -3.28. The topological polar surface area (TPSA) is 55.4 Å². The third-order valence-electron chi connectivity index (χ3n) is 1.74. The van der Waals surface area contributed by atoms with E-state index in [1.54, 1.807) is 24.3 Å². The summed E-state index contributed by atoms with van der Waals surface area (Å²) in [5.74, 6) is 0.739. The molecule has 0 aliphatic carbocycles. The lowest BCUT2D eigenvalue weighted by Crippen LogP contribution is -2.12. The van der Waals surface area contributed by atoms with Crippen molar-refractivity contribution in [1.82, 2.24) is 0 Å². The molecule has 0 saturated carbocycles. The largest absolute Gasteiger partial charge is 0.494 e. The highest BCUT2D eigenvalue weighted by Crippen LogP contribution is 2.17. The quantitative estimate of drug-likeness (QED) is 0.822. The fourth-order valence-corrected chi connectivity index (χ4v) is 1.94. The van der Waals surface area contributed by atoms with E-state index in [1.165, 1.54) is 0 Å². The maximum atomic E-state index is 11.2. The number of halogens is 1. The minimum absolute atomic E-state index is 0.117. The van der Waals surface area contributed by atoms with Crippen LogP contribution in [0.2, 0.25) is 0 Å². The maximum absolute atomic E-state index is 11.2. The number of rotatable bonds is 6. The summed E-state index contributed by atoms with van der Waals surface area (Å²) >= 11 is 2.90. The molecule has 0 aliphatic rings. The molecule has 1 aromatic carbocycles. The van der Waals surface area contributed by atoms with Crippen molar-refractivity contribution in [2.75, 3.05) is 16.0 Å². The van der Waals surface area contributed by atoms with Crippen LogP contribution in [0.5, 0.6) is 5.75 Å². The van der Waals surface area contributed by atoms with Gasteiger partial charge in [0.25, 0.3) is 0 Å². The van der Waals surface area contributed by atoms with Crippen molar-refractivity contribution in [2.24, 2.45) is 0 Å². The number of sulfonamides is 1. The number of anilines is 1. The van der Waals surface area contributed by atoms with E-state index in [0.29, 0.717) is 12.3 Å². The third-order valence-corrected chi connectivity index (χ3v) is 4.39. The summed E-state index contributed by atoms with van der Waals surface area (Å²) in [6, 6.07) is 6.82. The molecule has 0 aromatic heterocycles. The Kier molecular flexibility index (Phi) is 5.08. The Morgan fingerprint density at radius 2 is 1.94 bits per heavy atom. The van der Waals surface area contributed by atoms with E-state index in [0.717, 1.165) is 12.2 Å². The van der Waals surface area contributed by atoms with Crippen LogP contribution in [-0.2, 0) is 10.0 Å². The van der Waals surface area contributed by atoms with Crippen LogP contribution >= 0.6 is 15.9 Å². The molecule has 4 nitrogen and oxygen atoms in total. The van der Waals surface area contributed by atoms with Gasteiger partial charge in [-0.05, 0) is 30.7 Å². The zero-order chi connectivity index (χ0) is 12.0. The molecule has 0 bridgehead atoms. The Bertz CT molecular complexity index is 416. The lowest BCUT2D eigenvalue weighted by atomic mass is 10.3. The minimum Gasteiger partial charge on any atom is -0.494 e. The summed E-state index contributed by atoms with van der Waals surface area (Å²) in [7, 11) is -3.28. The van der Waals surface area contributed by atoms with Crippen molar-refractivity contribution < 1.29 is 13.2 Å². The molecule has 0 unspecified atom stereocenters. The first-order valence-corrected chi connectivity index (χ1v) is 7.64. The molecule has 1 rings (SSSR count). The molecule has 1 aromatic rings. The molecule has 0 heterocycles. The van der Waals surface area contributed by atoms with Gasteiger partial charge in [0.15, 0.2) is 0 Å². The molecule has 16 heavy (non-hydrogen) atoms. The number of alkyl halides is 1. The van der Waals surface area contributed by atoms with Crippen molar-refractivity contribution in [1.29, 1.82) is 0 Å². The number of nitrogens with one attached hydrogen (secondary N) is 1. The van der Waals surface area contributed by atoms with Gasteiger partial charge >= 0.3 is 0 Å². The Morgan fingerprint density at radius 1 is 1.31 bits per heavy atom. The fraction of sp³-hybridized carbons (Fsp3) is 0.400. The highest BCUT2D eigenvalue weighted by Gasteiger charge is 2.07. The molecule has 90 valence electrons. The molecule has 0 radical (unpaired) electrons. The maximum Gasteiger partial charge on any atom is 0.242 e. The predicted octanol–water partition coefficient (Wildman–Crippen LogP) is 2.57. The Balaban J connectivity index is 2.65. The smallest absolute Gasteiger partial charge is 0.242 e. The van der Waals surface area contributed by atoms with Crippen LogP contribution in [0, 0.1) is 0 Å². The molecule has 0 atom stereocenters. The van der Waals surface area contributed by atoms with Crippen LogP contribution in [0.4, 0.5) is 5.69 Å². The molecule has 6 heteroatoms. The van der Waals surface area contributed by atoms with Crippen LogP contribution in [0.15, 0.2) is 24.3 Å². The van der Waals surface area contributed by atoms with Gasteiger partial charge in [0.05, 0.1) is 6.61 Å². The third kappa shape index (κ3) is 4.40. The molecule has 0 aliphatic heterocycles. The van der Waals surface area contributed by atoms with E-state index >= 15 is 0 Å². The first kappa shape index (κ1) is 13.3. The molecule has 1 N–H and O–H groups in total. The fourth-order valence-electron chi connectivity index (χ4n) is 1.05. The van der Waals surface area contributed by atoms with Gasteiger partial charge in [0, 0.05) is 5.69 Å². The van der Waals surface area contributed by atoms with E-state index in [9.17, 15) is 8.42 Å². The first-order chi connectivity index (χ1) is 7.57. The van der Waals surface area contributed by atoms with Crippen LogP contribution in [-0.4, -0.2) is 19.7 Å². The SMILES string of the molecule is CCCOc1ccc(NS(=O)(=O)CBr)cc1. The van der Waals surface area contributed by atoms with Gasteiger partial charge in [-0.1, -0.05) is 22.9 Å². The zero-order valence-corrected chi connectivity index (χ0v) is 11.3. The van der Waals surface area contributed by atoms with E-state index in [-0.39, 0.29) is 4.66 Å².